The molecule has 0 amide bonds. The smallest absolute Gasteiger partial charge is 0.338 e. The van der Waals surface area contributed by atoms with Gasteiger partial charge in [0.15, 0.2) is 6.61 Å². The van der Waals surface area contributed by atoms with Gasteiger partial charge in [0.25, 0.3) is 0 Å². The number of hydrogen-bond donors (Lipinski definition) is 0. The Kier molecular flexibility index (Phi) is 5.68. The van der Waals surface area contributed by atoms with E-state index in [0.717, 1.165) is 15.7 Å². The number of aryl methyl sites for hydroxylation is 1. The maximum atomic E-state index is 12.3. The zero-order valence-electron chi connectivity index (χ0n) is 15.4. The first kappa shape index (κ1) is 19.9. The molecule has 0 saturated heterocycles. The molecule has 0 spiro atoms. The Hall–Kier alpha value is -2.45. The molecule has 1 aromatic carbocycles. The van der Waals surface area contributed by atoms with Gasteiger partial charge < -0.3 is 9.30 Å². The molecule has 0 bridgehead atoms. The fourth-order valence-corrected chi connectivity index (χ4v) is 3.37. The van der Waals surface area contributed by atoms with E-state index in [0.29, 0.717) is 5.56 Å². The van der Waals surface area contributed by atoms with Crippen LogP contribution in [0.3, 0.4) is 0 Å². The second-order valence-corrected chi connectivity index (χ2v) is 8.31. The second-order valence-electron chi connectivity index (χ2n) is 6.16. The minimum absolute atomic E-state index is 0.0159. The summed E-state index contributed by atoms with van der Waals surface area (Å²) in [5, 5.41) is 0. The Labute approximate surface area is 153 Å². The summed E-state index contributed by atoms with van der Waals surface area (Å²) in [5.74, 6) is -1.06. The van der Waals surface area contributed by atoms with E-state index < -0.39 is 22.6 Å². The summed E-state index contributed by atoms with van der Waals surface area (Å²) in [4.78, 5) is 24.5. The van der Waals surface area contributed by atoms with Crippen LogP contribution in [-0.2, 0) is 21.8 Å². The summed E-state index contributed by atoms with van der Waals surface area (Å²) >= 11 is 0. The number of ketones is 1. The SMILES string of the molecule is Cc1cc(C(=O)COC(=O)c2cccc(S(=O)(=O)N(C)C)c2)c(C)n1C. The molecule has 7 nitrogen and oxygen atoms in total. The summed E-state index contributed by atoms with van der Waals surface area (Å²) in [7, 11) is 1.00. The van der Waals surface area contributed by atoms with Crippen molar-refractivity contribution in [1.82, 2.24) is 8.87 Å². The number of aromatic nitrogens is 1. The number of nitrogens with zero attached hydrogens (tertiary/aromatic N) is 2. The van der Waals surface area contributed by atoms with Gasteiger partial charge in [0, 0.05) is 38.1 Å². The Balaban J connectivity index is 2.13. The van der Waals surface area contributed by atoms with Crippen LogP contribution < -0.4 is 0 Å². The number of esters is 1. The monoisotopic (exact) mass is 378 g/mol. The van der Waals surface area contributed by atoms with Crippen molar-refractivity contribution in [2.45, 2.75) is 18.7 Å². The van der Waals surface area contributed by atoms with E-state index in [4.69, 9.17) is 4.74 Å². The predicted molar refractivity (Wildman–Crippen MR) is 96.8 cm³/mol. The third-order valence-corrected chi connectivity index (χ3v) is 6.07. The Morgan fingerprint density at radius 2 is 1.81 bits per heavy atom. The highest BCUT2D eigenvalue weighted by Crippen LogP contribution is 2.17. The van der Waals surface area contributed by atoms with Crippen molar-refractivity contribution in [2.24, 2.45) is 7.05 Å². The van der Waals surface area contributed by atoms with Crippen LogP contribution in [0.2, 0.25) is 0 Å². The number of Topliss-reactive ketones (excluding diaryl/α,β-unsaturated/α-hetero) is 1. The lowest BCUT2D eigenvalue weighted by Gasteiger charge is -2.12. The molecular weight excluding hydrogens is 356 g/mol. The van der Waals surface area contributed by atoms with Gasteiger partial charge >= 0.3 is 5.97 Å². The molecule has 1 heterocycles. The molecule has 2 aromatic rings. The van der Waals surface area contributed by atoms with E-state index in [1.54, 1.807) is 6.07 Å². The Bertz CT molecular complexity index is 958. The third-order valence-electron chi connectivity index (χ3n) is 4.26. The summed E-state index contributed by atoms with van der Waals surface area (Å²) in [6.07, 6.45) is 0. The molecule has 0 fully saturated rings. The molecule has 1 aromatic heterocycles. The van der Waals surface area contributed by atoms with Crippen molar-refractivity contribution in [3.8, 4) is 0 Å². The van der Waals surface area contributed by atoms with Crippen molar-refractivity contribution in [2.75, 3.05) is 20.7 Å². The standard InChI is InChI=1S/C18H22N2O5S/c1-12-9-16(13(2)20(12)5)17(21)11-25-18(22)14-7-6-8-15(10-14)26(23,24)19(3)4/h6-10H,11H2,1-5H3. The van der Waals surface area contributed by atoms with E-state index in [2.05, 4.69) is 0 Å². The molecule has 0 aliphatic rings. The number of carbonyl (C=O) groups is 2. The van der Waals surface area contributed by atoms with Gasteiger partial charge in [-0.15, -0.1) is 0 Å². The number of benzene rings is 1. The lowest BCUT2D eigenvalue weighted by Crippen LogP contribution is -2.22. The van der Waals surface area contributed by atoms with Gasteiger partial charge in [-0.25, -0.2) is 17.5 Å². The van der Waals surface area contributed by atoms with E-state index in [1.165, 1.54) is 38.4 Å². The molecule has 2 rings (SSSR count). The average molecular weight is 378 g/mol. The first-order valence-electron chi connectivity index (χ1n) is 7.91. The zero-order valence-corrected chi connectivity index (χ0v) is 16.3. The van der Waals surface area contributed by atoms with Crippen LogP contribution in [0.5, 0.6) is 0 Å². The molecule has 140 valence electrons. The fourth-order valence-electron chi connectivity index (χ4n) is 2.42. The fraction of sp³-hybridized carbons (Fsp3) is 0.333. The Morgan fingerprint density at radius 1 is 1.15 bits per heavy atom. The van der Waals surface area contributed by atoms with Crippen molar-refractivity contribution >= 4 is 21.8 Å². The molecular formula is C18H22N2O5S. The minimum Gasteiger partial charge on any atom is -0.454 e. The average Bonchev–Trinajstić information content (AvgIpc) is 2.86. The van der Waals surface area contributed by atoms with Crippen LogP contribution in [0.15, 0.2) is 35.2 Å². The van der Waals surface area contributed by atoms with Crippen LogP contribution in [0.1, 0.15) is 32.1 Å². The molecule has 0 N–H and O–H groups in total. The molecule has 0 saturated carbocycles. The highest BCUT2D eigenvalue weighted by Gasteiger charge is 2.20. The van der Waals surface area contributed by atoms with Gasteiger partial charge in [0.05, 0.1) is 10.5 Å². The van der Waals surface area contributed by atoms with Gasteiger partial charge in [0.2, 0.25) is 15.8 Å². The largest absolute Gasteiger partial charge is 0.454 e. The van der Waals surface area contributed by atoms with Crippen molar-refractivity contribution < 1.29 is 22.7 Å². The normalized spacial score (nSPS) is 11.6. The number of carbonyl (C=O) groups excluding carboxylic acids is 2. The highest BCUT2D eigenvalue weighted by atomic mass is 32.2. The van der Waals surface area contributed by atoms with E-state index in [1.807, 2.05) is 25.5 Å². The molecule has 8 heteroatoms. The summed E-state index contributed by atoms with van der Waals surface area (Å²) in [6, 6.07) is 7.28. The van der Waals surface area contributed by atoms with Crippen molar-refractivity contribution in [3.05, 3.63) is 52.8 Å². The number of sulfonamides is 1. The molecule has 0 atom stereocenters. The zero-order chi connectivity index (χ0) is 19.6. The second kappa shape index (κ2) is 7.43. The van der Waals surface area contributed by atoms with Gasteiger partial charge in [-0.1, -0.05) is 6.07 Å². The van der Waals surface area contributed by atoms with Gasteiger partial charge in [-0.2, -0.15) is 0 Å². The van der Waals surface area contributed by atoms with Crippen LogP contribution in [0.25, 0.3) is 0 Å². The molecule has 0 aliphatic heterocycles. The van der Waals surface area contributed by atoms with E-state index >= 15 is 0 Å². The lowest BCUT2D eigenvalue weighted by molar-refractivity contribution is 0.0474. The highest BCUT2D eigenvalue weighted by molar-refractivity contribution is 7.89. The first-order valence-corrected chi connectivity index (χ1v) is 9.35. The number of rotatable bonds is 6. The summed E-state index contributed by atoms with van der Waals surface area (Å²) < 4.78 is 32.3. The van der Waals surface area contributed by atoms with Gasteiger partial charge in [0.1, 0.15) is 0 Å². The van der Waals surface area contributed by atoms with Crippen LogP contribution in [0.4, 0.5) is 0 Å². The van der Waals surface area contributed by atoms with Crippen LogP contribution in [0, 0.1) is 13.8 Å². The number of ether oxygens (including phenoxy) is 1. The maximum absolute atomic E-state index is 12.3. The summed E-state index contributed by atoms with van der Waals surface area (Å²) in [6.45, 7) is 3.29. The molecule has 0 unspecified atom stereocenters. The molecule has 0 radical (unpaired) electrons. The Morgan fingerprint density at radius 3 is 2.35 bits per heavy atom. The topological polar surface area (TPSA) is 85.7 Å². The maximum Gasteiger partial charge on any atom is 0.338 e. The van der Waals surface area contributed by atoms with Crippen LogP contribution >= 0.6 is 0 Å². The third kappa shape index (κ3) is 3.86. The first-order chi connectivity index (χ1) is 12.1. The van der Waals surface area contributed by atoms with Crippen molar-refractivity contribution in [3.63, 3.8) is 0 Å². The quantitative estimate of drug-likeness (QED) is 0.566. The lowest BCUT2D eigenvalue weighted by atomic mass is 10.1. The van der Waals surface area contributed by atoms with Gasteiger partial charge in [-0.3, -0.25) is 4.79 Å². The predicted octanol–water partition coefficient (Wildman–Crippen LogP) is 1.93. The number of hydrogen-bond acceptors (Lipinski definition) is 5. The van der Waals surface area contributed by atoms with Crippen LogP contribution in [-0.4, -0.2) is 49.7 Å². The molecule has 0 aliphatic carbocycles. The van der Waals surface area contributed by atoms with Crippen molar-refractivity contribution in [1.29, 1.82) is 0 Å². The van der Waals surface area contributed by atoms with E-state index in [9.17, 15) is 18.0 Å². The van der Waals surface area contributed by atoms with E-state index in [-0.39, 0.29) is 16.2 Å². The minimum atomic E-state index is -3.66. The van der Waals surface area contributed by atoms with Gasteiger partial charge in [-0.05, 0) is 38.1 Å². The molecule has 26 heavy (non-hydrogen) atoms. The summed E-state index contributed by atoms with van der Waals surface area (Å²) in [5.41, 5.74) is 2.30.